The Morgan fingerprint density at radius 1 is 1.44 bits per heavy atom. The Bertz CT molecular complexity index is 329. The summed E-state index contributed by atoms with van der Waals surface area (Å²) < 4.78 is 0. The number of rotatable bonds is 4. The second-order valence-electron chi connectivity index (χ2n) is 5.04. The van der Waals surface area contributed by atoms with Crippen LogP contribution in [-0.4, -0.2) is 31.6 Å². The molecule has 0 saturated carbocycles. The largest absolute Gasteiger partial charge is 0.316 e. The molecule has 1 fully saturated rings. The van der Waals surface area contributed by atoms with Crippen LogP contribution in [0.4, 0.5) is 0 Å². The summed E-state index contributed by atoms with van der Waals surface area (Å²) in [5, 5.41) is 3.42. The van der Waals surface area contributed by atoms with Crippen molar-refractivity contribution < 1.29 is 0 Å². The molecule has 0 bridgehead atoms. The standard InChI is InChI=1S/C14H22N2/c1-12-4-3-5-13(8-12)10-16(2)11-14-6-7-15-9-14/h3-5,8,14-15H,6-7,9-11H2,1-2H3. The fourth-order valence-electron chi connectivity index (χ4n) is 2.50. The highest BCUT2D eigenvalue weighted by Crippen LogP contribution is 2.12. The topological polar surface area (TPSA) is 15.3 Å². The van der Waals surface area contributed by atoms with Gasteiger partial charge in [-0.05, 0) is 45.0 Å². The highest BCUT2D eigenvalue weighted by Gasteiger charge is 2.16. The van der Waals surface area contributed by atoms with Crippen molar-refractivity contribution in [3.05, 3.63) is 35.4 Å². The van der Waals surface area contributed by atoms with Crippen LogP contribution in [-0.2, 0) is 6.54 Å². The van der Waals surface area contributed by atoms with Crippen LogP contribution in [0, 0.1) is 12.8 Å². The molecule has 88 valence electrons. The van der Waals surface area contributed by atoms with Gasteiger partial charge >= 0.3 is 0 Å². The summed E-state index contributed by atoms with van der Waals surface area (Å²) in [7, 11) is 2.22. The summed E-state index contributed by atoms with van der Waals surface area (Å²) in [5.74, 6) is 0.842. The predicted molar refractivity (Wildman–Crippen MR) is 68.5 cm³/mol. The zero-order valence-electron chi connectivity index (χ0n) is 10.4. The number of nitrogens with one attached hydrogen (secondary N) is 1. The van der Waals surface area contributed by atoms with Gasteiger partial charge in [0, 0.05) is 13.1 Å². The molecular weight excluding hydrogens is 196 g/mol. The average molecular weight is 218 g/mol. The van der Waals surface area contributed by atoms with Gasteiger partial charge in [-0.3, -0.25) is 0 Å². The number of nitrogens with zero attached hydrogens (tertiary/aromatic N) is 1. The molecule has 1 saturated heterocycles. The number of benzene rings is 1. The van der Waals surface area contributed by atoms with Gasteiger partial charge in [-0.1, -0.05) is 29.8 Å². The highest BCUT2D eigenvalue weighted by molar-refractivity contribution is 5.21. The molecule has 2 rings (SSSR count). The number of aryl methyl sites for hydroxylation is 1. The third-order valence-corrected chi connectivity index (χ3v) is 3.27. The van der Waals surface area contributed by atoms with E-state index in [1.807, 2.05) is 0 Å². The third-order valence-electron chi connectivity index (χ3n) is 3.27. The van der Waals surface area contributed by atoms with Gasteiger partial charge in [0.05, 0.1) is 0 Å². The minimum absolute atomic E-state index is 0.842. The molecule has 2 nitrogen and oxygen atoms in total. The number of hydrogen-bond donors (Lipinski definition) is 1. The molecule has 1 N–H and O–H groups in total. The van der Waals surface area contributed by atoms with Crippen molar-refractivity contribution in [3.63, 3.8) is 0 Å². The lowest BCUT2D eigenvalue weighted by molar-refractivity contribution is 0.278. The molecule has 1 unspecified atom stereocenters. The van der Waals surface area contributed by atoms with Gasteiger partial charge in [0.2, 0.25) is 0 Å². The predicted octanol–water partition coefficient (Wildman–Crippen LogP) is 2.04. The Morgan fingerprint density at radius 2 is 2.31 bits per heavy atom. The second kappa shape index (κ2) is 5.46. The van der Waals surface area contributed by atoms with Gasteiger partial charge < -0.3 is 10.2 Å². The molecule has 2 heteroatoms. The summed E-state index contributed by atoms with van der Waals surface area (Å²) in [6, 6.07) is 8.81. The normalized spacial score (nSPS) is 20.6. The first kappa shape index (κ1) is 11.6. The first-order valence-electron chi connectivity index (χ1n) is 6.19. The van der Waals surface area contributed by atoms with Gasteiger partial charge in [0.1, 0.15) is 0 Å². The van der Waals surface area contributed by atoms with E-state index < -0.39 is 0 Å². The zero-order chi connectivity index (χ0) is 11.4. The van der Waals surface area contributed by atoms with Crippen molar-refractivity contribution in [1.82, 2.24) is 10.2 Å². The van der Waals surface area contributed by atoms with Gasteiger partial charge in [-0.15, -0.1) is 0 Å². The molecule has 1 atom stereocenters. The van der Waals surface area contributed by atoms with Crippen molar-refractivity contribution in [2.75, 3.05) is 26.7 Å². The van der Waals surface area contributed by atoms with E-state index >= 15 is 0 Å². The van der Waals surface area contributed by atoms with Crippen molar-refractivity contribution in [1.29, 1.82) is 0 Å². The minimum atomic E-state index is 0.842. The van der Waals surface area contributed by atoms with Crippen molar-refractivity contribution >= 4 is 0 Å². The Morgan fingerprint density at radius 3 is 3.00 bits per heavy atom. The van der Waals surface area contributed by atoms with Crippen LogP contribution in [0.5, 0.6) is 0 Å². The molecule has 1 aromatic rings. The molecule has 1 aromatic carbocycles. The summed E-state index contributed by atoms with van der Waals surface area (Å²) in [6.45, 7) is 6.82. The molecule has 16 heavy (non-hydrogen) atoms. The first-order valence-corrected chi connectivity index (χ1v) is 6.19. The maximum absolute atomic E-state index is 3.42. The molecule has 1 aliphatic rings. The molecule has 0 aliphatic carbocycles. The molecule has 0 aromatic heterocycles. The van der Waals surface area contributed by atoms with Gasteiger partial charge in [0.25, 0.3) is 0 Å². The Hall–Kier alpha value is -0.860. The Kier molecular flexibility index (Phi) is 3.97. The second-order valence-corrected chi connectivity index (χ2v) is 5.04. The first-order chi connectivity index (χ1) is 7.74. The van der Waals surface area contributed by atoms with E-state index in [0.29, 0.717) is 0 Å². The maximum Gasteiger partial charge on any atom is 0.0230 e. The van der Waals surface area contributed by atoms with Crippen LogP contribution in [0.3, 0.4) is 0 Å². The number of hydrogen-bond acceptors (Lipinski definition) is 2. The molecular formula is C14H22N2. The smallest absolute Gasteiger partial charge is 0.0230 e. The van der Waals surface area contributed by atoms with Gasteiger partial charge in [-0.25, -0.2) is 0 Å². The summed E-state index contributed by atoms with van der Waals surface area (Å²) in [6.07, 6.45) is 1.33. The quantitative estimate of drug-likeness (QED) is 0.832. The monoisotopic (exact) mass is 218 g/mol. The van der Waals surface area contributed by atoms with E-state index in [2.05, 4.69) is 48.5 Å². The Labute approximate surface area is 98.7 Å². The lowest BCUT2D eigenvalue weighted by Gasteiger charge is -2.20. The lowest BCUT2D eigenvalue weighted by Crippen LogP contribution is -2.26. The fraction of sp³-hybridized carbons (Fsp3) is 0.571. The van der Waals surface area contributed by atoms with Crippen molar-refractivity contribution in [2.45, 2.75) is 19.9 Å². The van der Waals surface area contributed by atoms with Gasteiger partial charge in [-0.2, -0.15) is 0 Å². The fourth-order valence-corrected chi connectivity index (χ4v) is 2.50. The van der Waals surface area contributed by atoms with E-state index in [1.54, 1.807) is 0 Å². The van der Waals surface area contributed by atoms with E-state index in [0.717, 1.165) is 12.5 Å². The van der Waals surface area contributed by atoms with E-state index in [9.17, 15) is 0 Å². The Balaban J connectivity index is 1.84. The van der Waals surface area contributed by atoms with E-state index in [1.165, 1.54) is 37.2 Å². The van der Waals surface area contributed by atoms with Crippen LogP contribution in [0.15, 0.2) is 24.3 Å². The third kappa shape index (κ3) is 3.32. The molecule has 0 amide bonds. The molecule has 0 radical (unpaired) electrons. The summed E-state index contributed by atoms with van der Waals surface area (Å²) >= 11 is 0. The van der Waals surface area contributed by atoms with Crippen LogP contribution in [0.2, 0.25) is 0 Å². The van der Waals surface area contributed by atoms with Crippen LogP contribution < -0.4 is 5.32 Å². The molecule has 1 heterocycles. The molecule has 1 aliphatic heterocycles. The van der Waals surface area contributed by atoms with Crippen LogP contribution in [0.25, 0.3) is 0 Å². The SMILES string of the molecule is Cc1cccc(CN(C)CC2CCNC2)c1. The highest BCUT2D eigenvalue weighted by atomic mass is 15.1. The lowest BCUT2D eigenvalue weighted by atomic mass is 10.1. The summed E-state index contributed by atoms with van der Waals surface area (Å²) in [4.78, 5) is 2.44. The van der Waals surface area contributed by atoms with Crippen LogP contribution in [0.1, 0.15) is 17.5 Å². The van der Waals surface area contributed by atoms with Crippen molar-refractivity contribution in [2.24, 2.45) is 5.92 Å². The summed E-state index contributed by atoms with van der Waals surface area (Å²) in [5.41, 5.74) is 2.78. The minimum Gasteiger partial charge on any atom is -0.316 e. The van der Waals surface area contributed by atoms with E-state index in [-0.39, 0.29) is 0 Å². The zero-order valence-corrected chi connectivity index (χ0v) is 10.4. The van der Waals surface area contributed by atoms with Gasteiger partial charge in [0.15, 0.2) is 0 Å². The van der Waals surface area contributed by atoms with E-state index in [4.69, 9.17) is 0 Å². The maximum atomic E-state index is 3.42. The van der Waals surface area contributed by atoms with Crippen LogP contribution >= 0.6 is 0 Å². The average Bonchev–Trinajstić information content (AvgIpc) is 2.70. The van der Waals surface area contributed by atoms with Crippen molar-refractivity contribution in [3.8, 4) is 0 Å². The molecule has 0 spiro atoms.